The maximum atomic E-state index is 8.98. The summed E-state index contributed by atoms with van der Waals surface area (Å²) in [4.78, 5) is 2.03. The number of aliphatic hydroxyl groups is 2. The molecule has 0 aromatic heterocycles. The fraction of sp³-hybridized carbons (Fsp3) is 0.750. The number of hydrogen-bond donors (Lipinski definition) is 3. The van der Waals surface area contributed by atoms with Crippen LogP contribution in [0.25, 0.3) is 0 Å². The van der Waals surface area contributed by atoms with Crippen molar-refractivity contribution in [3.63, 3.8) is 0 Å². The van der Waals surface area contributed by atoms with Gasteiger partial charge in [0.2, 0.25) is 0 Å². The summed E-state index contributed by atoms with van der Waals surface area (Å²) in [5.41, 5.74) is 0. The van der Waals surface area contributed by atoms with Crippen molar-refractivity contribution in [2.24, 2.45) is 0 Å². The molecule has 0 aromatic carbocycles. The van der Waals surface area contributed by atoms with E-state index in [-0.39, 0.29) is 18.4 Å². The fourth-order valence-corrected chi connectivity index (χ4v) is 1.43. The van der Waals surface area contributed by atoms with Gasteiger partial charge in [0, 0.05) is 25.7 Å². The van der Waals surface area contributed by atoms with Gasteiger partial charge in [-0.2, -0.15) is 0 Å². The van der Waals surface area contributed by atoms with Crippen molar-refractivity contribution in [1.82, 2.24) is 10.2 Å². The highest BCUT2D eigenvalue weighted by atomic mass is 16.3. The monoisotopic (exact) mass is 172 g/mol. The summed E-state index contributed by atoms with van der Waals surface area (Å²) in [6, 6.07) is 0.114. The Balaban J connectivity index is 2.41. The molecule has 3 N–H and O–H groups in total. The average molecular weight is 172 g/mol. The predicted molar refractivity (Wildman–Crippen MR) is 47.1 cm³/mol. The van der Waals surface area contributed by atoms with Gasteiger partial charge in [-0.05, 0) is 0 Å². The third kappa shape index (κ3) is 2.48. The Morgan fingerprint density at radius 3 is 3.00 bits per heavy atom. The molecule has 0 spiro atoms. The minimum atomic E-state index is 0.114. The van der Waals surface area contributed by atoms with Crippen LogP contribution in [-0.4, -0.2) is 53.9 Å². The van der Waals surface area contributed by atoms with Crippen LogP contribution < -0.4 is 5.32 Å². The summed E-state index contributed by atoms with van der Waals surface area (Å²) in [5.74, 6) is 0.162. The number of hydrogen-bond acceptors (Lipinski definition) is 4. The zero-order chi connectivity index (χ0) is 8.97. The Kier molecular flexibility index (Phi) is 3.52. The molecule has 70 valence electrons. The maximum absolute atomic E-state index is 8.98. The molecule has 0 aliphatic carbocycles. The van der Waals surface area contributed by atoms with Gasteiger partial charge in [0.1, 0.15) is 0 Å². The first kappa shape index (κ1) is 9.51. The molecule has 1 atom stereocenters. The molecule has 0 radical (unpaired) electrons. The van der Waals surface area contributed by atoms with E-state index in [0.717, 1.165) is 19.6 Å². The Morgan fingerprint density at radius 1 is 1.67 bits per heavy atom. The van der Waals surface area contributed by atoms with Gasteiger partial charge in [0.15, 0.2) is 0 Å². The van der Waals surface area contributed by atoms with Crippen molar-refractivity contribution >= 4 is 0 Å². The first-order valence-corrected chi connectivity index (χ1v) is 4.16. The molecule has 0 aromatic rings. The van der Waals surface area contributed by atoms with Crippen LogP contribution in [0.3, 0.4) is 0 Å². The normalized spacial score (nSPS) is 25.6. The smallest absolute Gasteiger partial charge is 0.0991 e. The van der Waals surface area contributed by atoms with Gasteiger partial charge < -0.3 is 15.5 Å². The summed E-state index contributed by atoms with van der Waals surface area (Å²) in [5, 5.41) is 21.1. The van der Waals surface area contributed by atoms with Gasteiger partial charge in [-0.1, -0.05) is 6.58 Å². The van der Waals surface area contributed by atoms with Crippen molar-refractivity contribution in [3.05, 3.63) is 12.3 Å². The molecule has 4 heteroatoms. The van der Waals surface area contributed by atoms with Crippen LogP contribution in [0, 0.1) is 0 Å². The van der Waals surface area contributed by atoms with Gasteiger partial charge in [-0.3, -0.25) is 4.90 Å². The van der Waals surface area contributed by atoms with Crippen molar-refractivity contribution in [2.45, 2.75) is 6.04 Å². The van der Waals surface area contributed by atoms with Gasteiger partial charge in [0.05, 0.1) is 18.9 Å². The molecule has 0 amide bonds. The van der Waals surface area contributed by atoms with E-state index < -0.39 is 0 Å². The zero-order valence-corrected chi connectivity index (χ0v) is 7.16. The number of aliphatic hydroxyl groups excluding tert-OH is 2. The summed E-state index contributed by atoms with van der Waals surface area (Å²) < 4.78 is 0. The Bertz CT molecular complexity index is 161. The molecule has 1 unspecified atom stereocenters. The topological polar surface area (TPSA) is 55.7 Å². The molecule has 12 heavy (non-hydrogen) atoms. The van der Waals surface area contributed by atoms with E-state index in [0.29, 0.717) is 6.54 Å². The second kappa shape index (κ2) is 4.45. The number of nitrogens with one attached hydrogen (secondary N) is 1. The van der Waals surface area contributed by atoms with Crippen molar-refractivity contribution in [3.8, 4) is 0 Å². The molecular weight excluding hydrogens is 156 g/mol. The second-order valence-corrected chi connectivity index (χ2v) is 3.08. The highest BCUT2D eigenvalue weighted by Crippen LogP contribution is 2.03. The fourth-order valence-electron chi connectivity index (χ4n) is 1.43. The molecule has 1 heterocycles. The van der Waals surface area contributed by atoms with Crippen LogP contribution in [0.15, 0.2) is 12.3 Å². The van der Waals surface area contributed by atoms with Crippen LogP contribution in [0.4, 0.5) is 0 Å². The average Bonchev–Trinajstić information content (AvgIpc) is 2.04. The molecule has 1 fully saturated rings. The lowest BCUT2D eigenvalue weighted by molar-refractivity contribution is 0.0993. The van der Waals surface area contributed by atoms with Crippen LogP contribution in [0.2, 0.25) is 0 Å². The van der Waals surface area contributed by atoms with Gasteiger partial charge >= 0.3 is 0 Å². The molecule has 0 bridgehead atoms. The zero-order valence-electron chi connectivity index (χ0n) is 7.16. The lowest BCUT2D eigenvalue weighted by atomic mass is 10.2. The standard InChI is InChI=1S/C8H16N2O2/c1-7(12)5-10-3-2-9-4-8(10)6-11/h8-9,11-12H,1-6H2. The maximum Gasteiger partial charge on any atom is 0.0991 e. The predicted octanol–water partition coefficient (Wildman–Crippen LogP) is -0.676. The highest BCUT2D eigenvalue weighted by Gasteiger charge is 2.21. The molecule has 0 saturated carbocycles. The lowest BCUT2D eigenvalue weighted by Crippen LogP contribution is -2.53. The second-order valence-electron chi connectivity index (χ2n) is 3.08. The highest BCUT2D eigenvalue weighted by molar-refractivity contribution is 4.89. The number of rotatable bonds is 3. The quantitative estimate of drug-likeness (QED) is 0.494. The van der Waals surface area contributed by atoms with E-state index in [2.05, 4.69) is 11.9 Å². The molecule has 4 nitrogen and oxygen atoms in total. The van der Waals surface area contributed by atoms with E-state index in [1.165, 1.54) is 0 Å². The molecule has 1 rings (SSSR count). The Morgan fingerprint density at radius 2 is 2.42 bits per heavy atom. The van der Waals surface area contributed by atoms with Crippen molar-refractivity contribution < 1.29 is 10.2 Å². The molecule has 1 aliphatic heterocycles. The SMILES string of the molecule is C=C(O)CN1CCNCC1CO. The third-order valence-electron chi connectivity index (χ3n) is 2.07. The first-order valence-electron chi connectivity index (χ1n) is 4.16. The van der Waals surface area contributed by atoms with E-state index in [1.54, 1.807) is 0 Å². The third-order valence-corrected chi connectivity index (χ3v) is 2.07. The van der Waals surface area contributed by atoms with E-state index in [9.17, 15) is 0 Å². The molecule has 1 aliphatic rings. The van der Waals surface area contributed by atoms with E-state index in [1.807, 2.05) is 4.90 Å². The minimum Gasteiger partial charge on any atom is -0.512 e. The van der Waals surface area contributed by atoms with Crippen molar-refractivity contribution in [2.75, 3.05) is 32.8 Å². The van der Waals surface area contributed by atoms with Gasteiger partial charge in [-0.15, -0.1) is 0 Å². The number of nitrogens with zero attached hydrogens (tertiary/aromatic N) is 1. The summed E-state index contributed by atoms with van der Waals surface area (Å²) in [6.45, 7) is 6.56. The van der Waals surface area contributed by atoms with Crippen LogP contribution >= 0.6 is 0 Å². The first-order chi connectivity index (χ1) is 5.74. The van der Waals surface area contributed by atoms with Crippen LogP contribution in [-0.2, 0) is 0 Å². The Labute approximate surface area is 72.5 Å². The van der Waals surface area contributed by atoms with Crippen LogP contribution in [0.1, 0.15) is 0 Å². The van der Waals surface area contributed by atoms with Crippen molar-refractivity contribution in [1.29, 1.82) is 0 Å². The summed E-state index contributed by atoms with van der Waals surface area (Å²) in [6.07, 6.45) is 0. The summed E-state index contributed by atoms with van der Waals surface area (Å²) in [7, 11) is 0. The largest absolute Gasteiger partial charge is 0.512 e. The minimum absolute atomic E-state index is 0.114. The number of piperazine rings is 1. The van der Waals surface area contributed by atoms with Crippen LogP contribution in [0.5, 0.6) is 0 Å². The van der Waals surface area contributed by atoms with Gasteiger partial charge in [-0.25, -0.2) is 0 Å². The Hall–Kier alpha value is -0.580. The molecule has 1 saturated heterocycles. The van der Waals surface area contributed by atoms with E-state index in [4.69, 9.17) is 10.2 Å². The lowest BCUT2D eigenvalue weighted by Gasteiger charge is -2.34. The molecular formula is C8H16N2O2. The van der Waals surface area contributed by atoms with Gasteiger partial charge in [0.25, 0.3) is 0 Å². The summed E-state index contributed by atoms with van der Waals surface area (Å²) >= 11 is 0. The van der Waals surface area contributed by atoms with E-state index >= 15 is 0 Å².